The number of hydrogen-bond acceptors (Lipinski definition) is 6. The molecule has 2 aliphatic rings. The normalized spacial score (nSPS) is 17.5. The number of nitrogens with zero attached hydrogens (tertiary/aromatic N) is 3. The number of aryl methyl sites for hydroxylation is 3. The Morgan fingerprint density at radius 3 is 2.42 bits per heavy atom. The van der Waals surface area contributed by atoms with E-state index in [-0.39, 0.29) is 17.9 Å². The van der Waals surface area contributed by atoms with E-state index in [4.69, 9.17) is 9.40 Å². The van der Waals surface area contributed by atoms with Crippen molar-refractivity contribution in [3.8, 4) is 0 Å². The number of aromatic nitrogens is 1. The smallest absolute Gasteiger partial charge is 0.297 e. The zero-order valence-corrected chi connectivity index (χ0v) is 24.5. The Labute approximate surface area is 250 Å². The molecule has 6 aromatic rings. The Kier molecular flexibility index (Phi) is 5.34. The first-order valence-electron chi connectivity index (χ1n) is 14.0. The quantitative estimate of drug-likeness (QED) is 0.229. The Balaban J connectivity index is 1.45. The van der Waals surface area contributed by atoms with Crippen LogP contribution in [0.2, 0.25) is 0 Å². The van der Waals surface area contributed by atoms with Gasteiger partial charge in [-0.05, 0) is 61.7 Å². The van der Waals surface area contributed by atoms with E-state index in [9.17, 15) is 9.59 Å². The summed E-state index contributed by atoms with van der Waals surface area (Å²) in [7, 11) is 0. The minimum atomic E-state index is -1.78. The van der Waals surface area contributed by atoms with Crippen LogP contribution in [0, 0.1) is 20.8 Å². The molecule has 8 heteroatoms. The van der Waals surface area contributed by atoms with Gasteiger partial charge in [-0.2, -0.15) is 0 Å². The molecule has 0 bridgehead atoms. The highest BCUT2D eigenvalue weighted by atomic mass is 32.1. The van der Waals surface area contributed by atoms with Gasteiger partial charge in [-0.3, -0.25) is 19.3 Å². The summed E-state index contributed by atoms with van der Waals surface area (Å²) in [6.07, 6.45) is 0. The van der Waals surface area contributed by atoms with Crippen LogP contribution in [0.3, 0.4) is 0 Å². The van der Waals surface area contributed by atoms with Crippen LogP contribution in [0.5, 0.6) is 0 Å². The number of amides is 2. The van der Waals surface area contributed by atoms with Crippen molar-refractivity contribution in [2.45, 2.75) is 32.9 Å². The lowest BCUT2D eigenvalue weighted by molar-refractivity contribution is -0.121. The zero-order valence-electron chi connectivity index (χ0n) is 23.7. The Morgan fingerprint density at radius 2 is 1.60 bits per heavy atom. The van der Waals surface area contributed by atoms with Gasteiger partial charge in [-0.15, -0.1) is 0 Å². The number of rotatable bonds is 3. The average Bonchev–Trinajstić information content (AvgIpc) is 3.61. The number of benzene rings is 4. The first-order chi connectivity index (χ1) is 20.8. The number of fused-ring (bicyclic) bond motifs is 6. The summed E-state index contributed by atoms with van der Waals surface area (Å²) in [5.41, 5.74) is 4.16. The SMILES string of the molecule is Cc1ccc(CN2C(=O)C3(c4ccccc42)c2c(oc4ccccc4c2=O)C(=O)N3c2nc3c(C)cc(C)cc3s2)cc1. The van der Waals surface area contributed by atoms with Crippen LogP contribution >= 0.6 is 11.3 Å². The maximum Gasteiger partial charge on any atom is 0.297 e. The predicted molar refractivity (Wildman–Crippen MR) is 168 cm³/mol. The fourth-order valence-corrected chi connectivity index (χ4v) is 7.79. The molecule has 8 rings (SSSR count). The van der Waals surface area contributed by atoms with Gasteiger partial charge in [0.1, 0.15) is 5.58 Å². The summed E-state index contributed by atoms with van der Waals surface area (Å²) in [6.45, 7) is 6.27. The fraction of sp³-hybridized carbons (Fsp3) is 0.143. The molecule has 7 nitrogen and oxygen atoms in total. The molecular weight excluding hydrogens is 558 g/mol. The van der Waals surface area contributed by atoms with Crippen LogP contribution < -0.4 is 15.2 Å². The van der Waals surface area contributed by atoms with Gasteiger partial charge in [0, 0.05) is 5.56 Å². The molecule has 2 amide bonds. The Bertz CT molecular complexity index is 2230. The summed E-state index contributed by atoms with van der Waals surface area (Å²) in [5, 5.41) is 0.650. The first kappa shape index (κ1) is 25.6. The second-order valence-corrected chi connectivity index (χ2v) is 12.3. The van der Waals surface area contributed by atoms with Crippen LogP contribution in [-0.4, -0.2) is 16.8 Å². The van der Waals surface area contributed by atoms with Crippen LogP contribution in [-0.2, 0) is 16.9 Å². The lowest BCUT2D eigenvalue weighted by Crippen LogP contribution is -2.53. The number of para-hydroxylation sites is 2. The molecule has 210 valence electrons. The average molecular weight is 584 g/mol. The van der Waals surface area contributed by atoms with Crippen molar-refractivity contribution < 1.29 is 14.0 Å². The molecule has 1 atom stereocenters. The molecule has 4 aromatic carbocycles. The molecule has 0 aliphatic carbocycles. The van der Waals surface area contributed by atoms with E-state index in [1.54, 1.807) is 29.2 Å². The number of carbonyl (C=O) groups excluding carboxylic acids is 2. The number of thiazole rings is 1. The lowest BCUT2D eigenvalue weighted by Gasteiger charge is -2.32. The lowest BCUT2D eigenvalue weighted by atomic mass is 9.84. The highest BCUT2D eigenvalue weighted by Gasteiger charge is 2.66. The van der Waals surface area contributed by atoms with Crippen molar-refractivity contribution in [3.05, 3.63) is 134 Å². The first-order valence-corrected chi connectivity index (χ1v) is 14.9. The fourth-order valence-electron chi connectivity index (χ4n) is 6.60. The van der Waals surface area contributed by atoms with Gasteiger partial charge < -0.3 is 9.32 Å². The molecule has 43 heavy (non-hydrogen) atoms. The zero-order chi connectivity index (χ0) is 29.6. The molecule has 2 aliphatic heterocycles. The Hall–Kier alpha value is -5.08. The van der Waals surface area contributed by atoms with Crippen LogP contribution in [0.15, 0.2) is 94.1 Å². The number of carbonyl (C=O) groups is 2. The van der Waals surface area contributed by atoms with Gasteiger partial charge in [0.25, 0.3) is 11.8 Å². The molecule has 1 spiro atoms. The van der Waals surface area contributed by atoms with Crippen LogP contribution in [0.1, 0.15) is 43.9 Å². The van der Waals surface area contributed by atoms with E-state index in [1.165, 1.54) is 16.2 Å². The van der Waals surface area contributed by atoms with Crippen molar-refractivity contribution in [1.82, 2.24) is 4.98 Å². The monoisotopic (exact) mass is 583 g/mol. The summed E-state index contributed by atoms with van der Waals surface area (Å²) in [6, 6.07) is 26.3. The highest BCUT2D eigenvalue weighted by molar-refractivity contribution is 7.22. The summed E-state index contributed by atoms with van der Waals surface area (Å²) in [5.74, 6) is -1.08. The van der Waals surface area contributed by atoms with Crippen LogP contribution in [0.4, 0.5) is 10.8 Å². The summed E-state index contributed by atoms with van der Waals surface area (Å²) in [4.78, 5) is 52.0. The van der Waals surface area contributed by atoms with Crippen molar-refractivity contribution >= 4 is 55.2 Å². The van der Waals surface area contributed by atoms with Crippen molar-refractivity contribution in [1.29, 1.82) is 0 Å². The predicted octanol–water partition coefficient (Wildman–Crippen LogP) is 6.78. The van der Waals surface area contributed by atoms with E-state index >= 15 is 4.79 Å². The van der Waals surface area contributed by atoms with Crippen molar-refractivity contribution in [2.75, 3.05) is 9.80 Å². The van der Waals surface area contributed by atoms with E-state index in [1.807, 2.05) is 81.4 Å². The minimum Gasteiger partial charge on any atom is -0.450 e. The maximum absolute atomic E-state index is 15.1. The second kappa shape index (κ2) is 8.96. The molecule has 0 N–H and O–H groups in total. The molecule has 0 saturated heterocycles. The van der Waals surface area contributed by atoms with Gasteiger partial charge in [0.15, 0.2) is 16.1 Å². The van der Waals surface area contributed by atoms with Crippen LogP contribution in [0.25, 0.3) is 21.2 Å². The highest BCUT2D eigenvalue weighted by Crippen LogP contribution is 2.55. The summed E-state index contributed by atoms with van der Waals surface area (Å²) >= 11 is 1.33. The molecule has 0 fully saturated rings. The largest absolute Gasteiger partial charge is 0.450 e. The maximum atomic E-state index is 15.1. The van der Waals surface area contributed by atoms with Gasteiger partial charge >= 0.3 is 0 Å². The van der Waals surface area contributed by atoms with Gasteiger partial charge in [-0.1, -0.05) is 77.6 Å². The third kappa shape index (κ3) is 3.41. The third-order valence-electron chi connectivity index (χ3n) is 8.50. The summed E-state index contributed by atoms with van der Waals surface area (Å²) < 4.78 is 7.09. The van der Waals surface area contributed by atoms with Crippen molar-refractivity contribution in [3.63, 3.8) is 0 Å². The van der Waals surface area contributed by atoms with E-state index in [0.29, 0.717) is 27.4 Å². The third-order valence-corrected chi connectivity index (χ3v) is 9.49. The molecule has 2 aromatic heterocycles. The Morgan fingerprint density at radius 1 is 0.860 bits per heavy atom. The molecular formula is C35H25N3O4S. The number of hydrogen-bond donors (Lipinski definition) is 0. The molecule has 4 heterocycles. The minimum absolute atomic E-state index is 0.0345. The standard InChI is InChI=1S/C35H25N3O4S/c1-19-12-14-22(15-13-19)18-37-25-10-6-5-9-24(25)35(33(37)41)28-30(39)23-8-4-7-11-26(23)42-31(28)32(40)38(35)34-36-29-21(3)16-20(2)17-27(29)43-34/h4-17H,18H2,1-3H3. The van der Waals surface area contributed by atoms with E-state index in [2.05, 4.69) is 0 Å². The number of anilines is 2. The van der Waals surface area contributed by atoms with E-state index < -0.39 is 22.8 Å². The topological polar surface area (TPSA) is 83.7 Å². The van der Waals surface area contributed by atoms with Gasteiger partial charge in [-0.25, -0.2) is 4.98 Å². The molecule has 0 radical (unpaired) electrons. The molecule has 1 unspecified atom stereocenters. The van der Waals surface area contributed by atoms with Crippen molar-refractivity contribution in [2.24, 2.45) is 0 Å². The van der Waals surface area contributed by atoms with Gasteiger partial charge in [0.05, 0.1) is 33.4 Å². The van der Waals surface area contributed by atoms with Gasteiger partial charge in [0.2, 0.25) is 5.76 Å². The van der Waals surface area contributed by atoms with E-state index in [0.717, 1.165) is 32.5 Å². The molecule has 0 saturated carbocycles. The second-order valence-electron chi connectivity index (χ2n) is 11.3.